The Hall–Kier alpha value is -3.79. The lowest BCUT2D eigenvalue weighted by atomic mass is 9.82. The third-order valence-corrected chi connectivity index (χ3v) is 7.27. The fourth-order valence-corrected chi connectivity index (χ4v) is 5.16. The van der Waals surface area contributed by atoms with Crippen LogP contribution in [0.3, 0.4) is 0 Å². The number of nitrogens with zero attached hydrogens (tertiary/aromatic N) is 1. The number of rotatable bonds is 8. The molecule has 0 spiro atoms. The zero-order chi connectivity index (χ0) is 26.4. The van der Waals surface area contributed by atoms with Gasteiger partial charge in [-0.3, -0.25) is 4.79 Å². The van der Waals surface area contributed by atoms with E-state index in [1.165, 1.54) is 11.8 Å². The molecule has 1 aliphatic rings. The first kappa shape index (κ1) is 26.3. The fourth-order valence-electron chi connectivity index (χ4n) is 4.05. The molecule has 0 amide bonds. The molecule has 0 saturated carbocycles. The number of ether oxygens (including phenoxy) is 1. The Morgan fingerprint density at radius 3 is 2.32 bits per heavy atom. The summed E-state index contributed by atoms with van der Waals surface area (Å²) in [5, 5.41) is 14.5. The van der Waals surface area contributed by atoms with Crippen molar-refractivity contribution in [1.82, 2.24) is 5.32 Å². The quantitative estimate of drug-likeness (QED) is 0.259. The molecular weight excluding hydrogens is 504 g/mol. The summed E-state index contributed by atoms with van der Waals surface area (Å²) in [6.07, 6.45) is 0. The van der Waals surface area contributed by atoms with E-state index < -0.39 is 11.9 Å². The summed E-state index contributed by atoms with van der Waals surface area (Å²) in [4.78, 5) is 26.1. The Balaban J connectivity index is 1.63. The SMILES string of the molecule is CC1=C(C(=O)OCc2ccccc2)[C@@H](c2ccc(Cl)cc2)C(C#N)=C(SCC(=O)c2ccc(C)cc2)N1. The van der Waals surface area contributed by atoms with Crippen LogP contribution in [-0.2, 0) is 16.1 Å². The van der Waals surface area contributed by atoms with Crippen molar-refractivity contribution in [2.24, 2.45) is 0 Å². The minimum Gasteiger partial charge on any atom is -0.457 e. The number of carbonyl (C=O) groups excluding carboxylic acids is 2. The van der Waals surface area contributed by atoms with E-state index in [0.717, 1.165) is 16.7 Å². The number of thioether (sulfide) groups is 1. The molecule has 0 bridgehead atoms. The first-order valence-corrected chi connectivity index (χ1v) is 13.0. The molecule has 0 saturated heterocycles. The van der Waals surface area contributed by atoms with Gasteiger partial charge in [0.1, 0.15) is 6.61 Å². The molecule has 1 heterocycles. The molecule has 186 valence electrons. The van der Waals surface area contributed by atoms with Gasteiger partial charge in [-0.15, -0.1) is 0 Å². The molecule has 4 rings (SSSR count). The second kappa shape index (κ2) is 12.0. The Morgan fingerprint density at radius 1 is 1.00 bits per heavy atom. The minimum absolute atomic E-state index is 0.0469. The van der Waals surface area contributed by atoms with Crippen molar-refractivity contribution >= 4 is 35.1 Å². The highest BCUT2D eigenvalue weighted by Gasteiger charge is 2.35. The van der Waals surface area contributed by atoms with Gasteiger partial charge in [0.05, 0.1) is 33.9 Å². The van der Waals surface area contributed by atoms with Crippen LogP contribution in [0.2, 0.25) is 5.02 Å². The van der Waals surface area contributed by atoms with Crippen LogP contribution < -0.4 is 5.32 Å². The molecule has 0 radical (unpaired) electrons. The number of aryl methyl sites for hydroxylation is 1. The van der Waals surface area contributed by atoms with Gasteiger partial charge in [-0.1, -0.05) is 95.7 Å². The van der Waals surface area contributed by atoms with Gasteiger partial charge in [0.25, 0.3) is 0 Å². The number of hydrogen-bond acceptors (Lipinski definition) is 6. The number of carbonyl (C=O) groups is 2. The summed E-state index contributed by atoms with van der Waals surface area (Å²) in [5.74, 6) is -1.08. The maximum absolute atomic E-state index is 13.3. The summed E-state index contributed by atoms with van der Waals surface area (Å²) in [6.45, 7) is 3.86. The fraction of sp³-hybridized carbons (Fsp3) is 0.167. The number of benzene rings is 3. The highest BCUT2D eigenvalue weighted by atomic mass is 35.5. The van der Waals surface area contributed by atoms with Gasteiger partial charge >= 0.3 is 5.97 Å². The number of esters is 1. The average Bonchev–Trinajstić information content (AvgIpc) is 2.91. The average molecular weight is 529 g/mol. The third kappa shape index (κ3) is 6.32. The van der Waals surface area contributed by atoms with E-state index in [2.05, 4.69) is 11.4 Å². The van der Waals surface area contributed by atoms with Gasteiger partial charge in [-0.05, 0) is 37.1 Å². The van der Waals surface area contributed by atoms with Crippen LogP contribution in [0.5, 0.6) is 0 Å². The molecule has 0 aliphatic carbocycles. The lowest BCUT2D eigenvalue weighted by Crippen LogP contribution is -2.29. The van der Waals surface area contributed by atoms with E-state index in [1.807, 2.05) is 49.4 Å². The normalized spacial score (nSPS) is 15.1. The smallest absolute Gasteiger partial charge is 0.337 e. The summed E-state index contributed by atoms with van der Waals surface area (Å²) >= 11 is 7.36. The van der Waals surface area contributed by atoms with Gasteiger partial charge in [0, 0.05) is 16.3 Å². The molecule has 1 atom stereocenters. The lowest BCUT2D eigenvalue weighted by molar-refractivity contribution is -0.140. The number of nitrogens with one attached hydrogen (secondary N) is 1. The van der Waals surface area contributed by atoms with Crippen molar-refractivity contribution in [2.45, 2.75) is 26.4 Å². The van der Waals surface area contributed by atoms with Crippen LogP contribution >= 0.6 is 23.4 Å². The van der Waals surface area contributed by atoms with Crippen molar-refractivity contribution in [1.29, 1.82) is 5.26 Å². The molecule has 3 aromatic carbocycles. The molecule has 3 aromatic rings. The van der Waals surface area contributed by atoms with Gasteiger partial charge in [-0.2, -0.15) is 5.26 Å². The van der Waals surface area contributed by atoms with Gasteiger partial charge < -0.3 is 10.1 Å². The predicted molar refractivity (Wildman–Crippen MR) is 147 cm³/mol. The predicted octanol–water partition coefficient (Wildman–Crippen LogP) is 6.70. The molecule has 0 fully saturated rings. The van der Waals surface area contributed by atoms with Crippen LogP contribution in [0.1, 0.15) is 39.9 Å². The number of allylic oxidation sites excluding steroid dienone is 2. The second-order valence-corrected chi connectivity index (χ2v) is 10.1. The van der Waals surface area contributed by atoms with Gasteiger partial charge in [-0.25, -0.2) is 4.79 Å². The second-order valence-electron chi connectivity index (χ2n) is 8.64. The molecular formula is C30H25ClN2O3S. The zero-order valence-electron chi connectivity index (χ0n) is 20.5. The van der Waals surface area contributed by atoms with Crippen LogP contribution in [-0.4, -0.2) is 17.5 Å². The van der Waals surface area contributed by atoms with E-state index >= 15 is 0 Å². The Labute approximate surface area is 225 Å². The monoisotopic (exact) mass is 528 g/mol. The minimum atomic E-state index is -0.663. The van der Waals surface area contributed by atoms with E-state index in [4.69, 9.17) is 16.3 Å². The van der Waals surface area contributed by atoms with E-state index in [9.17, 15) is 14.9 Å². The van der Waals surface area contributed by atoms with Gasteiger partial charge in [0.2, 0.25) is 0 Å². The molecule has 0 aromatic heterocycles. The highest BCUT2D eigenvalue weighted by Crippen LogP contribution is 2.41. The summed E-state index contributed by atoms with van der Waals surface area (Å²) in [5.41, 5.74) is 4.55. The van der Waals surface area contributed by atoms with Crippen LogP contribution in [0.4, 0.5) is 0 Å². The van der Waals surface area contributed by atoms with Crippen molar-refractivity contribution in [3.63, 3.8) is 0 Å². The molecule has 1 N–H and O–H groups in total. The summed E-state index contributed by atoms with van der Waals surface area (Å²) in [7, 11) is 0. The molecule has 7 heteroatoms. The number of dihydropyridines is 1. The van der Waals surface area contributed by atoms with E-state index in [1.54, 1.807) is 43.3 Å². The van der Waals surface area contributed by atoms with E-state index in [-0.39, 0.29) is 18.1 Å². The van der Waals surface area contributed by atoms with Crippen LogP contribution in [0.15, 0.2) is 101 Å². The van der Waals surface area contributed by atoms with Crippen LogP contribution in [0.25, 0.3) is 0 Å². The van der Waals surface area contributed by atoms with Crippen molar-refractivity contribution in [3.8, 4) is 6.07 Å². The van der Waals surface area contributed by atoms with Crippen molar-refractivity contribution in [3.05, 3.63) is 128 Å². The first-order valence-electron chi connectivity index (χ1n) is 11.7. The number of ketones is 1. The number of nitriles is 1. The summed E-state index contributed by atoms with van der Waals surface area (Å²) in [6, 6.07) is 26.1. The Kier molecular flexibility index (Phi) is 8.50. The largest absolute Gasteiger partial charge is 0.457 e. The molecule has 5 nitrogen and oxygen atoms in total. The van der Waals surface area contributed by atoms with E-state index in [0.29, 0.717) is 32.5 Å². The maximum Gasteiger partial charge on any atom is 0.337 e. The summed E-state index contributed by atoms with van der Waals surface area (Å²) < 4.78 is 5.65. The molecule has 1 aliphatic heterocycles. The number of Topliss-reactive ketones (excluding diaryl/α,β-unsaturated/α-hetero) is 1. The maximum atomic E-state index is 13.3. The van der Waals surface area contributed by atoms with Crippen LogP contribution in [0, 0.1) is 18.3 Å². The van der Waals surface area contributed by atoms with Crippen molar-refractivity contribution < 1.29 is 14.3 Å². The standard InChI is InChI=1S/C30H25ClN2O3S/c1-19-8-10-22(11-9-19)26(34)18-37-29-25(16-32)28(23-12-14-24(31)15-13-23)27(20(2)33-29)30(35)36-17-21-6-4-3-5-7-21/h3-15,28,33H,17-18H2,1-2H3/t28-/m0/s1. The number of halogens is 1. The van der Waals surface area contributed by atoms with Gasteiger partial charge in [0.15, 0.2) is 5.78 Å². The van der Waals surface area contributed by atoms with Crippen molar-refractivity contribution in [2.75, 3.05) is 5.75 Å². The number of hydrogen-bond donors (Lipinski definition) is 1. The Bertz CT molecular complexity index is 1410. The highest BCUT2D eigenvalue weighted by molar-refractivity contribution is 8.03. The molecule has 37 heavy (non-hydrogen) atoms. The Morgan fingerprint density at radius 2 is 1.68 bits per heavy atom. The first-order chi connectivity index (χ1) is 17.9. The molecule has 0 unspecified atom stereocenters. The lowest BCUT2D eigenvalue weighted by Gasteiger charge is -2.29. The zero-order valence-corrected chi connectivity index (χ0v) is 22.0. The topological polar surface area (TPSA) is 79.2 Å². The third-order valence-electron chi connectivity index (χ3n) is 6.00.